The summed E-state index contributed by atoms with van der Waals surface area (Å²) in [7, 11) is 0. The van der Waals surface area contributed by atoms with Crippen molar-refractivity contribution in [2.24, 2.45) is 0 Å². The molecule has 33 heavy (non-hydrogen) atoms. The number of anilines is 1. The van der Waals surface area contributed by atoms with E-state index in [4.69, 9.17) is 14.0 Å². The van der Waals surface area contributed by atoms with Crippen LogP contribution in [-0.2, 0) is 4.79 Å². The molecule has 0 saturated carbocycles. The third-order valence-electron chi connectivity index (χ3n) is 4.88. The van der Waals surface area contributed by atoms with E-state index in [-0.39, 0.29) is 29.7 Å². The van der Waals surface area contributed by atoms with Gasteiger partial charge in [-0.2, -0.15) is 0 Å². The second kappa shape index (κ2) is 10.4. The third-order valence-corrected chi connectivity index (χ3v) is 4.88. The number of benzene rings is 2. The number of aromatic nitrogens is 1. The molecule has 2 aromatic carbocycles. The zero-order valence-corrected chi connectivity index (χ0v) is 18.9. The van der Waals surface area contributed by atoms with Gasteiger partial charge in [-0.1, -0.05) is 23.4 Å². The van der Waals surface area contributed by atoms with Crippen molar-refractivity contribution in [3.8, 4) is 11.5 Å². The number of carbonyl (C=O) groups excluding carboxylic acids is 1. The molecule has 0 atom stereocenters. The van der Waals surface area contributed by atoms with Crippen LogP contribution in [0.5, 0.6) is 11.5 Å². The quantitative estimate of drug-likeness (QED) is 0.355. The average Bonchev–Trinajstić information content (AvgIpc) is 3.15. The van der Waals surface area contributed by atoms with E-state index in [2.05, 4.69) is 10.5 Å². The van der Waals surface area contributed by atoms with Gasteiger partial charge in [0.2, 0.25) is 5.76 Å². The molecular formula is C24H25N3O6. The van der Waals surface area contributed by atoms with E-state index >= 15 is 0 Å². The van der Waals surface area contributed by atoms with Crippen LogP contribution < -0.4 is 14.8 Å². The van der Waals surface area contributed by atoms with Gasteiger partial charge in [0.05, 0.1) is 11.5 Å². The van der Waals surface area contributed by atoms with Gasteiger partial charge in [-0.05, 0) is 74.7 Å². The summed E-state index contributed by atoms with van der Waals surface area (Å²) in [5.41, 5.74) is 3.67. The van der Waals surface area contributed by atoms with E-state index < -0.39 is 4.92 Å². The number of hydrogen-bond acceptors (Lipinski definition) is 7. The monoisotopic (exact) mass is 451 g/mol. The van der Waals surface area contributed by atoms with E-state index in [0.717, 1.165) is 11.1 Å². The summed E-state index contributed by atoms with van der Waals surface area (Å²) in [6.45, 7) is 7.53. The molecule has 0 aliphatic carbocycles. The van der Waals surface area contributed by atoms with Crippen LogP contribution in [0.1, 0.15) is 35.1 Å². The molecule has 0 saturated heterocycles. The van der Waals surface area contributed by atoms with Crippen LogP contribution in [0.4, 0.5) is 11.4 Å². The van der Waals surface area contributed by atoms with Crippen LogP contribution in [0.15, 0.2) is 40.9 Å². The summed E-state index contributed by atoms with van der Waals surface area (Å²) in [6.07, 6.45) is 3.12. The lowest BCUT2D eigenvalue weighted by Crippen LogP contribution is -2.20. The van der Waals surface area contributed by atoms with Gasteiger partial charge in [-0.3, -0.25) is 14.9 Å². The van der Waals surface area contributed by atoms with Crippen molar-refractivity contribution in [3.05, 3.63) is 74.7 Å². The fraction of sp³-hybridized carbons (Fsp3) is 0.250. The fourth-order valence-corrected chi connectivity index (χ4v) is 3.06. The maximum Gasteiger partial charge on any atom is 0.338 e. The van der Waals surface area contributed by atoms with E-state index in [1.54, 1.807) is 24.3 Å². The van der Waals surface area contributed by atoms with Crippen LogP contribution in [0, 0.1) is 30.9 Å². The number of nitrogens with zero attached hydrogens (tertiary/aromatic N) is 2. The van der Waals surface area contributed by atoms with Crippen molar-refractivity contribution < 1.29 is 23.7 Å². The highest BCUT2D eigenvalue weighted by atomic mass is 16.6. The maximum absolute atomic E-state index is 12.3. The maximum atomic E-state index is 12.3. The Morgan fingerprint density at radius 2 is 1.88 bits per heavy atom. The molecule has 3 aromatic rings. The Bertz CT molecular complexity index is 1200. The first-order valence-electron chi connectivity index (χ1n) is 10.3. The minimum atomic E-state index is -0.531. The number of ether oxygens (including phenoxy) is 2. The molecule has 1 aromatic heterocycles. The van der Waals surface area contributed by atoms with Gasteiger partial charge in [-0.25, -0.2) is 0 Å². The van der Waals surface area contributed by atoms with Crippen LogP contribution in [0.25, 0.3) is 12.2 Å². The Balaban J connectivity index is 1.70. The number of rotatable bonds is 9. The number of amides is 1. The molecule has 1 heterocycles. The second-order valence-electron chi connectivity index (χ2n) is 7.35. The SMILES string of the molecule is CCOc1cc(/C=C\c2onc(C)c2[N+](=O)[O-])ccc1OCC(=O)Nc1ccc(C)c(C)c1. The summed E-state index contributed by atoms with van der Waals surface area (Å²) in [4.78, 5) is 23.0. The number of nitrogens with one attached hydrogen (secondary N) is 1. The molecule has 0 fully saturated rings. The lowest BCUT2D eigenvalue weighted by Gasteiger charge is -2.13. The first-order chi connectivity index (χ1) is 15.8. The zero-order chi connectivity index (χ0) is 24.0. The highest BCUT2D eigenvalue weighted by Gasteiger charge is 2.22. The minimum absolute atomic E-state index is 0.0544. The highest BCUT2D eigenvalue weighted by molar-refractivity contribution is 5.92. The summed E-state index contributed by atoms with van der Waals surface area (Å²) in [6, 6.07) is 10.8. The van der Waals surface area contributed by atoms with E-state index in [0.29, 0.717) is 29.4 Å². The Morgan fingerprint density at radius 3 is 2.58 bits per heavy atom. The zero-order valence-electron chi connectivity index (χ0n) is 18.9. The topological polar surface area (TPSA) is 117 Å². The Morgan fingerprint density at radius 1 is 1.09 bits per heavy atom. The van der Waals surface area contributed by atoms with Gasteiger partial charge in [0.15, 0.2) is 23.8 Å². The fourth-order valence-electron chi connectivity index (χ4n) is 3.06. The number of hydrogen-bond donors (Lipinski definition) is 1. The van der Waals surface area contributed by atoms with Crippen molar-refractivity contribution in [3.63, 3.8) is 0 Å². The van der Waals surface area contributed by atoms with Gasteiger partial charge < -0.3 is 19.3 Å². The van der Waals surface area contributed by atoms with Crippen molar-refractivity contribution in [2.75, 3.05) is 18.5 Å². The van der Waals surface area contributed by atoms with Crippen LogP contribution in [0.3, 0.4) is 0 Å². The predicted octanol–water partition coefficient (Wildman–Crippen LogP) is 5.09. The molecule has 0 radical (unpaired) electrons. The minimum Gasteiger partial charge on any atom is -0.490 e. The van der Waals surface area contributed by atoms with Crippen molar-refractivity contribution >= 4 is 29.4 Å². The molecule has 9 heteroatoms. The number of aryl methyl sites for hydroxylation is 3. The van der Waals surface area contributed by atoms with Crippen LogP contribution in [0.2, 0.25) is 0 Å². The molecule has 0 spiro atoms. The normalized spacial score (nSPS) is 10.9. The highest BCUT2D eigenvalue weighted by Crippen LogP contribution is 2.30. The van der Waals surface area contributed by atoms with Crippen LogP contribution >= 0.6 is 0 Å². The first-order valence-corrected chi connectivity index (χ1v) is 10.3. The summed E-state index contributed by atoms with van der Waals surface area (Å²) >= 11 is 0. The molecule has 1 N–H and O–H groups in total. The molecule has 0 aliphatic rings. The smallest absolute Gasteiger partial charge is 0.338 e. The lowest BCUT2D eigenvalue weighted by molar-refractivity contribution is -0.386. The Hall–Kier alpha value is -4.14. The average molecular weight is 451 g/mol. The molecule has 1 amide bonds. The Kier molecular flexibility index (Phi) is 7.45. The van der Waals surface area contributed by atoms with Crippen LogP contribution in [-0.4, -0.2) is 29.2 Å². The molecule has 0 bridgehead atoms. The van der Waals surface area contributed by atoms with E-state index in [1.807, 2.05) is 39.0 Å². The molecule has 3 rings (SSSR count). The molecule has 0 unspecified atom stereocenters. The Labute approximate surface area is 191 Å². The van der Waals surface area contributed by atoms with Gasteiger partial charge in [-0.15, -0.1) is 0 Å². The second-order valence-corrected chi connectivity index (χ2v) is 7.35. The summed E-state index contributed by atoms with van der Waals surface area (Å²) in [5.74, 6) is 0.615. The van der Waals surface area contributed by atoms with Gasteiger partial charge in [0.25, 0.3) is 5.91 Å². The van der Waals surface area contributed by atoms with Crippen molar-refractivity contribution in [1.82, 2.24) is 5.16 Å². The molecule has 9 nitrogen and oxygen atoms in total. The van der Waals surface area contributed by atoms with Crippen molar-refractivity contribution in [1.29, 1.82) is 0 Å². The largest absolute Gasteiger partial charge is 0.490 e. The third kappa shape index (κ3) is 5.97. The molecule has 0 aliphatic heterocycles. The summed E-state index contributed by atoms with van der Waals surface area (Å²) < 4.78 is 16.3. The van der Waals surface area contributed by atoms with Crippen molar-refractivity contribution in [2.45, 2.75) is 27.7 Å². The molecule has 172 valence electrons. The first kappa shape index (κ1) is 23.5. The van der Waals surface area contributed by atoms with Gasteiger partial charge >= 0.3 is 5.69 Å². The summed E-state index contributed by atoms with van der Waals surface area (Å²) in [5, 5.41) is 17.6. The lowest BCUT2D eigenvalue weighted by atomic mass is 10.1. The standard InChI is InChI=1S/C24H25N3O6/c1-5-31-22-13-18(8-11-21-24(27(29)30)17(4)26-33-21)7-10-20(22)32-14-23(28)25-19-9-6-15(2)16(3)12-19/h6-13H,5,14H2,1-4H3,(H,25,28)/b11-8-. The van der Waals surface area contributed by atoms with E-state index in [1.165, 1.54) is 13.0 Å². The van der Waals surface area contributed by atoms with Gasteiger partial charge in [0, 0.05) is 5.69 Å². The predicted molar refractivity (Wildman–Crippen MR) is 124 cm³/mol. The number of nitro groups is 1. The molecular weight excluding hydrogens is 426 g/mol. The van der Waals surface area contributed by atoms with E-state index in [9.17, 15) is 14.9 Å². The number of carbonyl (C=O) groups is 1. The van der Waals surface area contributed by atoms with Gasteiger partial charge in [0.1, 0.15) is 0 Å².